The van der Waals surface area contributed by atoms with E-state index in [1.807, 2.05) is 0 Å². The highest BCUT2D eigenvalue weighted by Crippen LogP contribution is 2.18. The Kier molecular flexibility index (Phi) is 55.2. The minimum atomic E-state index is -0.660. The molecular formula is C60H117NO3. The van der Waals surface area contributed by atoms with Crippen molar-refractivity contribution in [1.29, 1.82) is 0 Å². The molecule has 2 unspecified atom stereocenters. The van der Waals surface area contributed by atoms with Gasteiger partial charge in [0.05, 0.1) is 18.8 Å². The summed E-state index contributed by atoms with van der Waals surface area (Å²) < 4.78 is 0. The van der Waals surface area contributed by atoms with Crippen molar-refractivity contribution >= 4 is 5.91 Å². The average molecular weight is 901 g/mol. The molecule has 4 nitrogen and oxygen atoms in total. The second kappa shape index (κ2) is 56.2. The Labute approximate surface area is 402 Å². The molecule has 0 heterocycles. The summed E-state index contributed by atoms with van der Waals surface area (Å²) in [6.07, 6.45) is 74.6. The molecule has 0 aromatic rings. The van der Waals surface area contributed by atoms with Gasteiger partial charge in [0, 0.05) is 6.42 Å². The summed E-state index contributed by atoms with van der Waals surface area (Å²) >= 11 is 0. The van der Waals surface area contributed by atoms with E-state index in [2.05, 4.69) is 43.5 Å². The van der Waals surface area contributed by atoms with Crippen molar-refractivity contribution in [2.45, 2.75) is 347 Å². The molecule has 0 fully saturated rings. The van der Waals surface area contributed by atoms with Crippen LogP contribution >= 0.6 is 0 Å². The number of hydrogen-bond donors (Lipinski definition) is 3. The minimum Gasteiger partial charge on any atom is -0.394 e. The summed E-state index contributed by atoms with van der Waals surface area (Å²) in [6.45, 7) is 4.40. The summed E-state index contributed by atoms with van der Waals surface area (Å²) in [5.74, 6) is -0.0279. The summed E-state index contributed by atoms with van der Waals surface area (Å²) in [7, 11) is 0. The molecule has 4 heteroatoms. The van der Waals surface area contributed by atoms with E-state index < -0.39 is 12.1 Å². The number of allylic oxidation sites excluding steroid dienone is 4. The molecule has 0 aliphatic rings. The maximum atomic E-state index is 12.5. The third-order valence-corrected chi connectivity index (χ3v) is 14.0. The number of unbranched alkanes of at least 4 members (excludes halogenated alkanes) is 44. The lowest BCUT2D eigenvalue weighted by molar-refractivity contribution is -0.123. The van der Waals surface area contributed by atoms with Crippen LogP contribution < -0.4 is 5.32 Å². The van der Waals surface area contributed by atoms with Crippen LogP contribution in [0.3, 0.4) is 0 Å². The van der Waals surface area contributed by atoms with Crippen LogP contribution in [0.1, 0.15) is 335 Å². The van der Waals surface area contributed by atoms with Gasteiger partial charge in [0.1, 0.15) is 0 Å². The summed E-state index contributed by atoms with van der Waals surface area (Å²) in [6, 6.07) is -0.537. The molecule has 0 aromatic heterocycles. The second-order valence-electron chi connectivity index (χ2n) is 20.4. The van der Waals surface area contributed by atoms with Crippen LogP contribution in [-0.2, 0) is 4.79 Å². The van der Waals surface area contributed by atoms with Gasteiger partial charge in [-0.2, -0.15) is 0 Å². The van der Waals surface area contributed by atoms with Crippen LogP contribution in [0.2, 0.25) is 0 Å². The van der Waals surface area contributed by atoms with E-state index in [-0.39, 0.29) is 12.5 Å². The zero-order valence-corrected chi connectivity index (χ0v) is 43.8. The number of aliphatic hydroxyl groups is 2. The van der Waals surface area contributed by atoms with E-state index in [0.717, 1.165) is 32.1 Å². The van der Waals surface area contributed by atoms with Crippen LogP contribution in [0.25, 0.3) is 0 Å². The van der Waals surface area contributed by atoms with Crippen molar-refractivity contribution < 1.29 is 15.0 Å². The van der Waals surface area contributed by atoms with Gasteiger partial charge < -0.3 is 15.5 Å². The molecule has 0 rings (SSSR count). The lowest BCUT2D eigenvalue weighted by Gasteiger charge is -2.22. The van der Waals surface area contributed by atoms with Crippen molar-refractivity contribution in [3.8, 4) is 0 Å². The Balaban J connectivity index is 3.44. The van der Waals surface area contributed by atoms with E-state index >= 15 is 0 Å². The normalized spacial score (nSPS) is 12.9. The van der Waals surface area contributed by atoms with E-state index in [4.69, 9.17) is 0 Å². The van der Waals surface area contributed by atoms with Gasteiger partial charge in [-0.3, -0.25) is 4.79 Å². The molecule has 2 atom stereocenters. The lowest BCUT2D eigenvalue weighted by atomic mass is 10.0. The number of hydrogen-bond acceptors (Lipinski definition) is 3. The standard InChI is InChI=1S/C60H117NO3/c1-3-5-7-9-11-13-15-17-19-21-23-25-27-29-30-32-34-36-38-40-42-44-46-48-50-52-54-56-60(64)61-58(57-62)59(63)55-53-51-49-47-45-43-41-39-37-35-33-31-28-26-24-22-20-18-16-14-12-10-8-6-4-2/h23,25,29-30,58-59,62-63H,3-22,24,26-28,31-57H2,1-2H3,(H,61,64)/b25-23-,30-29-. The first-order valence-electron chi connectivity index (χ1n) is 29.5. The third kappa shape index (κ3) is 51.8. The minimum absolute atomic E-state index is 0.0279. The lowest BCUT2D eigenvalue weighted by Crippen LogP contribution is -2.45. The van der Waals surface area contributed by atoms with Crippen molar-refractivity contribution in [2.24, 2.45) is 0 Å². The zero-order chi connectivity index (χ0) is 46.3. The van der Waals surface area contributed by atoms with Gasteiger partial charge >= 0.3 is 0 Å². The Morgan fingerprint density at radius 1 is 0.375 bits per heavy atom. The molecule has 0 spiro atoms. The third-order valence-electron chi connectivity index (χ3n) is 14.0. The molecule has 1 amide bonds. The Bertz CT molecular complexity index is 932. The highest BCUT2D eigenvalue weighted by molar-refractivity contribution is 5.76. The fourth-order valence-electron chi connectivity index (χ4n) is 9.45. The predicted octanol–water partition coefficient (Wildman–Crippen LogP) is 19.5. The molecule has 0 aliphatic heterocycles. The molecule has 0 bridgehead atoms. The maximum absolute atomic E-state index is 12.5. The molecule has 0 aromatic carbocycles. The quantitative estimate of drug-likeness (QED) is 0.0421. The molecule has 64 heavy (non-hydrogen) atoms. The molecule has 0 aliphatic carbocycles. The molecule has 3 N–H and O–H groups in total. The zero-order valence-electron chi connectivity index (χ0n) is 43.8. The Hall–Kier alpha value is -1.13. The molecule has 380 valence electrons. The average Bonchev–Trinajstić information content (AvgIpc) is 3.30. The highest BCUT2D eigenvalue weighted by Gasteiger charge is 2.20. The number of carbonyl (C=O) groups excluding carboxylic acids is 1. The highest BCUT2D eigenvalue weighted by atomic mass is 16.3. The van der Waals surface area contributed by atoms with Gasteiger partial charge in [0.25, 0.3) is 0 Å². The van der Waals surface area contributed by atoms with Crippen molar-refractivity contribution in [3.05, 3.63) is 24.3 Å². The van der Waals surface area contributed by atoms with E-state index in [0.29, 0.717) is 12.8 Å². The Morgan fingerprint density at radius 3 is 0.938 bits per heavy atom. The van der Waals surface area contributed by atoms with E-state index in [9.17, 15) is 15.0 Å². The molecule has 0 saturated carbocycles. The monoisotopic (exact) mass is 900 g/mol. The van der Waals surface area contributed by atoms with Gasteiger partial charge in [-0.05, 0) is 44.9 Å². The van der Waals surface area contributed by atoms with Crippen molar-refractivity contribution in [2.75, 3.05) is 6.61 Å². The van der Waals surface area contributed by atoms with Crippen LogP contribution in [0.5, 0.6) is 0 Å². The van der Waals surface area contributed by atoms with Gasteiger partial charge in [-0.25, -0.2) is 0 Å². The molecule has 0 saturated heterocycles. The fourth-order valence-corrected chi connectivity index (χ4v) is 9.45. The number of carbonyl (C=O) groups is 1. The predicted molar refractivity (Wildman–Crippen MR) is 286 cm³/mol. The first-order valence-corrected chi connectivity index (χ1v) is 29.5. The van der Waals surface area contributed by atoms with Gasteiger partial charge in [-0.15, -0.1) is 0 Å². The van der Waals surface area contributed by atoms with E-state index in [1.165, 1.54) is 276 Å². The largest absolute Gasteiger partial charge is 0.394 e. The van der Waals surface area contributed by atoms with Crippen LogP contribution in [0.15, 0.2) is 24.3 Å². The van der Waals surface area contributed by atoms with Crippen LogP contribution in [-0.4, -0.2) is 34.9 Å². The fraction of sp³-hybridized carbons (Fsp3) is 0.917. The topological polar surface area (TPSA) is 69.6 Å². The van der Waals surface area contributed by atoms with Gasteiger partial charge in [0.15, 0.2) is 0 Å². The van der Waals surface area contributed by atoms with Crippen molar-refractivity contribution in [1.82, 2.24) is 5.32 Å². The summed E-state index contributed by atoms with van der Waals surface area (Å²) in [5.41, 5.74) is 0. The number of nitrogens with one attached hydrogen (secondary N) is 1. The Morgan fingerprint density at radius 2 is 0.641 bits per heavy atom. The first-order chi connectivity index (χ1) is 31.7. The molecular weight excluding hydrogens is 783 g/mol. The first kappa shape index (κ1) is 62.9. The number of aliphatic hydroxyl groups excluding tert-OH is 2. The van der Waals surface area contributed by atoms with Gasteiger partial charge in [-0.1, -0.05) is 308 Å². The maximum Gasteiger partial charge on any atom is 0.220 e. The second-order valence-corrected chi connectivity index (χ2v) is 20.4. The summed E-state index contributed by atoms with van der Waals surface area (Å²) in [4.78, 5) is 12.5. The number of amides is 1. The smallest absolute Gasteiger partial charge is 0.220 e. The summed E-state index contributed by atoms with van der Waals surface area (Å²) in [5, 5.41) is 23.4. The SMILES string of the molecule is CCCCCCCCCCC/C=C\C/C=C\CCCCCCCCCCCCCC(=O)NC(CO)C(O)CCCCCCCCCCCCCCCCCCCCCCCCCCC. The molecule has 0 radical (unpaired) electrons. The van der Waals surface area contributed by atoms with Crippen molar-refractivity contribution in [3.63, 3.8) is 0 Å². The van der Waals surface area contributed by atoms with Crippen LogP contribution in [0, 0.1) is 0 Å². The van der Waals surface area contributed by atoms with Gasteiger partial charge in [0.2, 0.25) is 5.91 Å². The number of rotatable bonds is 55. The van der Waals surface area contributed by atoms with Crippen LogP contribution in [0.4, 0.5) is 0 Å². The van der Waals surface area contributed by atoms with E-state index in [1.54, 1.807) is 0 Å².